The van der Waals surface area contributed by atoms with Crippen LogP contribution in [0.3, 0.4) is 0 Å². The van der Waals surface area contributed by atoms with Crippen molar-refractivity contribution in [3.05, 3.63) is 51.9 Å². The van der Waals surface area contributed by atoms with Crippen molar-refractivity contribution in [1.82, 2.24) is 0 Å². The van der Waals surface area contributed by atoms with Crippen LogP contribution >= 0.6 is 11.6 Å². The molecule has 0 amide bonds. The summed E-state index contributed by atoms with van der Waals surface area (Å²) in [6.45, 7) is 0. The highest BCUT2D eigenvalue weighted by Crippen LogP contribution is 2.12. The van der Waals surface area contributed by atoms with Crippen molar-refractivity contribution >= 4 is 28.5 Å². The third kappa shape index (κ3) is 4.01. The van der Waals surface area contributed by atoms with Crippen LogP contribution in [-0.2, 0) is 10.8 Å². The van der Waals surface area contributed by atoms with Gasteiger partial charge in [-0.05, 0) is 23.8 Å². The van der Waals surface area contributed by atoms with Gasteiger partial charge >= 0.3 is 0 Å². The lowest BCUT2D eigenvalue weighted by Gasteiger charge is -1.93. The molecule has 1 unspecified atom stereocenters. The molecule has 0 aromatic heterocycles. The van der Waals surface area contributed by atoms with Crippen LogP contribution in [0, 0.1) is 11.3 Å². The first kappa shape index (κ1) is 12.7. The second kappa shape index (κ2) is 6.26. The summed E-state index contributed by atoms with van der Waals surface area (Å²) in [6.07, 6.45) is 6.50. The highest BCUT2D eigenvalue weighted by molar-refractivity contribution is 7.88. The van der Waals surface area contributed by atoms with Crippen molar-refractivity contribution in [2.24, 2.45) is 0 Å². The third-order valence-corrected chi connectivity index (χ3v) is 2.89. The van der Waals surface area contributed by atoms with Gasteiger partial charge in [0.15, 0.2) is 0 Å². The molecule has 1 aromatic carbocycles. The van der Waals surface area contributed by atoms with E-state index in [4.69, 9.17) is 16.9 Å². The zero-order valence-electron chi connectivity index (χ0n) is 8.68. The van der Waals surface area contributed by atoms with E-state index in [0.29, 0.717) is 5.02 Å². The minimum absolute atomic E-state index is 0.248. The Bertz CT molecular complexity index is 500. The number of nitriles is 1. The normalized spacial score (nSPS) is 13.7. The van der Waals surface area contributed by atoms with Crippen molar-refractivity contribution in [3.63, 3.8) is 0 Å². The average Bonchev–Trinajstić information content (AvgIpc) is 2.24. The van der Waals surface area contributed by atoms with E-state index in [1.165, 1.54) is 12.3 Å². The molecular formula is C12H10ClNOS. The first-order valence-electron chi connectivity index (χ1n) is 4.51. The topological polar surface area (TPSA) is 40.9 Å². The summed E-state index contributed by atoms with van der Waals surface area (Å²) in [5.74, 6) is 0. The van der Waals surface area contributed by atoms with Gasteiger partial charge in [0.05, 0.1) is 10.8 Å². The average molecular weight is 252 g/mol. The third-order valence-electron chi connectivity index (χ3n) is 1.80. The minimum Gasteiger partial charge on any atom is -0.254 e. The number of benzene rings is 1. The second-order valence-electron chi connectivity index (χ2n) is 3.01. The highest BCUT2D eigenvalue weighted by atomic mass is 35.5. The molecule has 0 heterocycles. The van der Waals surface area contributed by atoms with Crippen molar-refractivity contribution < 1.29 is 4.21 Å². The van der Waals surface area contributed by atoms with Gasteiger partial charge in [-0.1, -0.05) is 35.9 Å². The summed E-state index contributed by atoms with van der Waals surface area (Å²) in [5, 5.41) is 9.33. The summed E-state index contributed by atoms with van der Waals surface area (Å²) >= 11 is 5.81. The van der Waals surface area contributed by atoms with Gasteiger partial charge in [-0.2, -0.15) is 5.26 Å². The molecule has 0 saturated heterocycles. The van der Waals surface area contributed by atoms with E-state index in [-0.39, 0.29) is 4.91 Å². The Morgan fingerprint density at radius 3 is 2.88 bits per heavy atom. The zero-order chi connectivity index (χ0) is 12.0. The van der Waals surface area contributed by atoms with Gasteiger partial charge in [0, 0.05) is 11.3 Å². The molecule has 0 fully saturated rings. The van der Waals surface area contributed by atoms with Crippen LogP contribution in [0.2, 0.25) is 5.02 Å². The minimum atomic E-state index is -1.24. The number of rotatable bonds is 3. The van der Waals surface area contributed by atoms with Crippen LogP contribution in [0.5, 0.6) is 0 Å². The van der Waals surface area contributed by atoms with Crippen LogP contribution in [0.1, 0.15) is 5.56 Å². The van der Waals surface area contributed by atoms with Crippen LogP contribution in [0.4, 0.5) is 0 Å². The van der Waals surface area contributed by atoms with E-state index in [1.807, 2.05) is 18.2 Å². The Morgan fingerprint density at radius 1 is 1.56 bits per heavy atom. The predicted molar refractivity (Wildman–Crippen MR) is 68.2 cm³/mol. The maximum atomic E-state index is 11.0. The molecule has 1 aromatic rings. The fraction of sp³-hybridized carbons (Fsp3) is 0.0833. The molecule has 1 rings (SSSR count). The zero-order valence-corrected chi connectivity index (χ0v) is 10.3. The van der Waals surface area contributed by atoms with Crippen molar-refractivity contribution in [3.8, 4) is 6.07 Å². The van der Waals surface area contributed by atoms with Gasteiger partial charge < -0.3 is 0 Å². The number of halogens is 1. The fourth-order valence-electron chi connectivity index (χ4n) is 1.05. The van der Waals surface area contributed by atoms with Gasteiger partial charge in [0.25, 0.3) is 0 Å². The van der Waals surface area contributed by atoms with Gasteiger partial charge in [-0.25, -0.2) is 0 Å². The smallest absolute Gasteiger partial charge is 0.116 e. The first-order valence-corrected chi connectivity index (χ1v) is 6.44. The number of allylic oxidation sites excluding steroid dienone is 3. The molecule has 82 valence electrons. The van der Waals surface area contributed by atoms with Gasteiger partial charge in [-0.15, -0.1) is 0 Å². The lowest BCUT2D eigenvalue weighted by atomic mass is 10.2. The predicted octanol–water partition coefficient (Wildman–Crippen LogP) is 3.14. The molecule has 0 saturated carbocycles. The van der Waals surface area contributed by atoms with Crippen molar-refractivity contribution in [2.45, 2.75) is 0 Å². The van der Waals surface area contributed by atoms with E-state index in [9.17, 15) is 4.21 Å². The quantitative estimate of drug-likeness (QED) is 0.612. The molecule has 0 spiro atoms. The van der Waals surface area contributed by atoms with Crippen molar-refractivity contribution in [1.29, 1.82) is 5.26 Å². The summed E-state index contributed by atoms with van der Waals surface area (Å²) < 4.78 is 11.0. The van der Waals surface area contributed by atoms with Crippen molar-refractivity contribution in [2.75, 3.05) is 6.26 Å². The van der Waals surface area contributed by atoms with E-state index >= 15 is 0 Å². The van der Waals surface area contributed by atoms with Crippen LogP contribution in [0.25, 0.3) is 6.08 Å². The molecule has 0 aliphatic rings. The molecule has 1 atom stereocenters. The first-order chi connectivity index (χ1) is 7.63. The lowest BCUT2D eigenvalue weighted by Crippen LogP contribution is -1.86. The largest absolute Gasteiger partial charge is 0.254 e. The maximum Gasteiger partial charge on any atom is 0.116 e. The van der Waals surface area contributed by atoms with E-state index in [0.717, 1.165) is 5.56 Å². The van der Waals surface area contributed by atoms with Gasteiger partial charge in [0.1, 0.15) is 11.0 Å². The Kier molecular flexibility index (Phi) is 4.97. The molecule has 0 aliphatic carbocycles. The monoisotopic (exact) mass is 251 g/mol. The van der Waals surface area contributed by atoms with Crippen LogP contribution in [0.15, 0.2) is 41.3 Å². The molecule has 0 aliphatic heterocycles. The second-order valence-corrected chi connectivity index (χ2v) is 4.80. The van der Waals surface area contributed by atoms with E-state index in [1.54, 1.807) is 24.3 Å². The van der Waals surface area contributed by atoms with Gasteiger partial charge in [0.2, 0.25) is 0 Å². The summed E-state index contributed by atoms with van der Waals surface area (Å²) in [6, 6.07) is 9.21. The standard InChI is InChI=1S/C12H10ClNOS/c1-16(15)12(9-14)7-3-5-10-4-2-6-11(13)8-10/h2-8H,1H3/b5-3+,12-7-. The molecule has 2 nitrogen and oxygen atoms in total. The Labute approximate surface area is 102 Å². The summed E-state index contributed by atoms with van der Waals surface area (Å²) in [5.41, 5.74) is 0.933. The number of hydrogen-bond donors (Lipinski definition) is 0. The molecule has 4 heteroatoms. The molecule has 0 radical (unpaired) electrons. The highest BCUT2D eigenvalue weighted by Gasteiger charge is 1.96. The summed E-state index contributed by atoms with van der Waals surface area (Å²) in [4.78, 5) is 0.248. The Morgan fingerprint density at radius 2 is 2.31 bits per heavy atom. The van der Waals surface area contributed by atoms with E-state index < -0.39 is 10.8 Å². The summed E-state index contributed by atoms with van der Waals surface area (Å²) in [7, 11) is -1.24. The van der Waals surface area contributed by atoms with Crippen LogP contribution in [-0.4, -0.2) is 10.5 Å². The van der Waals surface area contributed by atoms with Gasteiger partial charge in [-0.3, -0.25) is 4.21 Å². The molecule has 0 bridgehead atoms. The maximum absolute atomic E-state index is 11.0. The Balaban J connectivity index is 2.83. The molecule has 0 N–H and O–H groups in total. The number of hydrogen-bond acceptors (Lipinski definition) is 2. The Hall–Kier alpha value is -1.37. The van der Waals surface area contributed by atoms with Crippen LogP contribution < -0.4 is 0 Å². The molecule has 16 heavy (non-hydrogen) atoms. The number of nitrogens with zero attached hydrogens (tertiary/aromatic N) is 1. The SMILES string of the molecule is CS(=O)/C(C#N)=C\C=C\c1cccc(Cl)c1. The fourth-order valence-corrected chi connectivity index (χ4v) is 1.65. The van der Waals surface area contributed by atoms with E-state index in [2.05, 4.69) is 0 Å². The molecular weight excluding hydrogens is 242 g/mol. The lowest BCUT2D eigenvalue weighted by molar-refractivity contribution is 0.691.